The average molecular weight is 713 g/mol. The van der Waals surface area contributed by atoms with Gasteiger partial charge < -0.3 is 10.1 Å². The third-order valence-corrected chi connectivity index (χ3v) is 8.11. The normalized spacial score (nSPS) is 12.1. The Morgan fingerprint density at radius 2 is 1.87 bits per heavy atom. The van der Waals surface area contributed by atoms with E-state index in [1.165, 1.54) is 55.9 Å². The first kappa shape index (κ1) is 27.9. The van der Waals surface area contributed by atoms with Gasteiger partial charge in [0.05, 0.1) is 28.4 Å². The number of hydrogen-bond acceptors (Lipinski definition) is 7. The van der Waals surface area contributed by atoms with Gasteiger partial charge in [-0.2, -0.15) is 0 Å². The number of hydrogen-bond donors (Lipinski definition) is 2. The number of nitrogens with zero attached hydrogens (tertiary/aromatic N) is 2. The first-order valence-corrected chi connectivity index (χ1v) is 14.3. The number of esters is 1. The van der Waals surface area contributed by atoms with Crippen LogP contribution in [0.5, 0.6) is 0 Å². The highest BCUT2D eigenvalue weighted by Gasteiger charge is 2.26. The Kier molecular flexibility index (Phi) is 8.57. The molecule has 9 nitrogen and oxygen atoms in total. The summed E-state index contributed by atoms with van der Waals surface area (Å²) in [6.07, 6.45) is 2.85. The van der Waals surface area contributed by atoms with Crippen LogP contribution < -0.4 is 10.0 Å². The maximum Gasteiger partial charge on any atom is 0.328 e. The Morgan fingerprint density at radius 1 is 1.11 bits per heavy atom. The molecule has 38 heavy (non-hydrogen) atoms. The zero-order valence-electron chi connectivity index (χ0n) is 19.6. The van der Waals surface area contributed by atoms with Crippen LogP contribution in [0.25, 0.3) is 11.0 Å². The monoisotopic (exact) mass is 712 g/mol. The van der Waals surface area contributed by atoms with Crippen LogP contribution in [0.4, 0.5) is 10.1 Å². The standard InChI is InChI=1S/C25H19BrFIN4O5S/c1-37-25(34)21(12-14-5-8-18(27)17(26)11-14)31-24(33)16-7-6-15(28)13-20(16)32-38(35,36)22-4-2-3-19-23(22)30-10-9-29-19/h2-11,13,21,32H,12H2,1H3,(H,31,33)/t21-/m0/s1. The predicted molar refractivity (Wildman–Crippen MR) is 151 cm³/mol. The fourth-order valence-corrected chi connectivity index (χ4v) is 5.81. The highest BCUT2D eigenvalue weighted by Crippen LogP contribution is 2.26. The number of rotatable bonds is 8. The van der Waals surface area contributed by atoms with Gasteiger partial charge >= 0.3 is 5.97 Å². The summed E-state index contributed by atoms with van der Waals surface area (Å²) in [5.41, 5.74) is 1.12. The minimum absolute atomic E-state index is 0.00318. The van der Waals surface area contributed by atoms with Gasteiger partial charge in [-0.15, -0.1) is 0 Å². The van der Waals surface area contributed by atoms with Crippen LogP contribution in [0.15, 0.2) is 76.4 Å². The summed E-state index contributed by atoms with van der Waals surface area (Å²) in [7, 11) is -3.01. The van der Waals surface area contributed by atoms with Crippen molar-refractivity contribution < 1.29 is 27.1 Å². The molecule has 2 N–H and O–H groups in total. The van der Waals surface area contributed by atoms with Crippen molar-refractivity contribution in [2.75, 3.05) is 11.8 Å². The van der Waals surface area contributed by atoms with Crippen molar-refractivity contribution in [3.8, 4) is 0 Å². The van der Waals surface area contributed by atoms with Gasteiger partial charge in [-0.05, 0) is 86.5 Å². The first-order chi connectivity index (χ1) is 18.1. The number of nitrogens with one attached hydrogen (secondary N) is 2. The van der Waals surface area contributed by atoms with Crippen molar-refractivity contribution in [3.63, 3.8) is 0 Å². The van der Waals surface area contributed by atoms with E-state index >= 15 is 0 Å². The van der Waals surface area contributed by atoms with Crippen molar-refractivity contribution in [3.05, 3.63) is 92.0 Å². The zero-order chi connectivity index (χ0) is 27.4. The molecule has 0 unspecified atom stereocenters. The van der Waals surface area contributed by atoms with Crippen LogP contribution in [-0.4, -0.2) is 43.4 Å². The molecule has 0 spiro atoms. The van der Waals surface area contributed by atoms with Gasteiger partial charge in [-0.3, -0.25) is 19.5 Å². The molecule has 3 aromatic carbocycles. The largest absolute Gasteiger partial charge is 0.467 e. The second-order valence-corrected chi connectivity index (χ2v) is 11.7. The summed E-state index contributed by atoms with van der Waals surface area (Å²) in [4.78, 5) is 33.9. The number of carbonyl (C=O) groups is 2. The summed E-state index contributed by atoms with van der Waals surface area (Å²) in [5.74, 6) is -1.91. The molecular weight excluding hydrogens is 694 g/mol. The third-order valence-electron chi connectivity index (χ3n) is 5.44. The number of methoxy groups -OCH3 is 1. The second-order valence-electron chi connectivity index (χ2n) is 7.98. The van der Waals surface area contributed by atoms with Gasteiger partial charge in [0.1, 0.15) is 22.3 Å². The Labute approximate surface area is 239 Å². The molecule has 1 amide bonds. The molecule has 0 aliphatic carbocycles. The summed E-state index contributed by atoms with van der Waals surface area (Å²) in [6.45, 7) is 0. The minimum Gasteiger partial charge on any atom is -0.467 e. The molecule has 1 heterocycles. The van der Waals surface area contributed by atoms with E-state index in [1.54, 1.807) is 18.2 Å². The molecule has 4 aromatic rings. The minimum atomic E-state index is -4.19. The number of aromatic nitrogens is 2. The molecule has 0 saturated carbocycles. The fraction of sp³-hybridized carbons (Fsp3) is 0.120. The van der Waals surface area contributed by atoms with E-state index in [9.17, 15) is 22.4 Å². The Hall–Kier alpha value is -3.17. The van der Waals surface area contributed by atoms with E-state index in [-0.39, 0.29) is 32.6 Å². The molecule has 0 aliphatic rings. The number of sulfonamides is 1. The topological polar surface area (TPSA) is 127 Å². The smallest absolute Gasteiger partial charge is 0.328 e. The number of anilines is 1. The van der Waals surface area contributed by atoms with Crippen LogP contribution in [0.3, 0.4) is 0 Å². The van der Waals surface area contributed by atoms with Gasteiger partial charge in [0.25, 0.3) is 15.9 Å². The van der Waals surface area contributed by atoms with Crippen molar-refractivity contribution >= 4 is 77.1 Å². The van der Waals surface area contributed by atoms with Gasteiger partial charge in [-0.1, -0.05) is 12.1 Å². The van der Waals surface area contributed by atoms with E-state index in [2.05, 4.69) is 35.9 Å². The lowest BCUT2D eigenvalue weighted by Crippen LogP contribution is -2.43. The molecule has 13 heteroatoms. The summed E-state index contributed by atoms with van der Waals surface area (Å²) in [5, 5.41) is 2.60. The molecular formula is C25H19BrFIN4O5S. The lowest BCUT2D eigenvalue weighted by atomic mass is 10.0. The highest BCUT2D eigenvalue weighted by atomic mass is 127. The van der Waals surface area contributed by atoms with Gasteiger partial charge in [0.15, 0.2) is 0 Å². The number of para-hydroxylation sites is 1. The lowest BCUT2D eigenvalue weighted by molar-refractivity contribution is -0.142. The van der Waals surface area contributed by atoms with Crippen molar-refractivity contribution in [2.24, 2.45) is 0 Å². The summed E-state index contributed by atoms with van der Waals surface area (Å²) >= 11 is 5.09. The maximum atomic E-state index is 13.6. The van der Waals surface area contributed by atoms with Crippen LogP contribution >= 0.6 is 38.5 Å². The summed E-state index contributed by atoms with van der Waals surface area (Å²) in [6, 6.07) is 12.2. The summed E-state index contributed by atoms with van der Waals surface area (Å²) < 4.78 is 48.5. The average Bonchev–Trinajstić information content (AvgIpc) is 2.89. The Balaban J connectivity index is 1.65. The molecule has 0 aliphatic heterocycles. The second kappa shape index (κ2) is 11.7. The van der Waals surface area contributed by atoms with E-state index in [0.29, 0.717) is 14.7 Å². The number of carbonyl (C=O) groups excluding carboxylic acids is 2. The predicted octanol–water partition coefficient (Wildman–Crippen LogP) is 4.45. The number of amides is 1. The molecule has 0 bridgehead atoms. The number of halogens is 3. The van der Waals surface area contributed by atoms with E-state index in [0.717, 1.165) is 0 Å². The van der Waals surface area contributed by atoms with Crippen molar-refractivity contribution in [1.29, 1.82) is 0 Å². The SMILES string of the molecule is COC(=O)[C@H](Cc1ccc(F)c(Br)c1)NC(=O)c1ccc(I)cc1NS(=O)(=O)c1cccc2nccnc12. The Morgan fingerprint density at radius 3 is 2.61 bits per heavy atom. The lowest BCUT2D eigenvalue weighted by Gasteiger charge is -2.19. The number of fused-ring (bicyclic) bond motifs is 1. The number of ether oxygens (including phenoxy) is 1. The first-order valence-electron chi connectivity index (χ1n) is 10.9. The quantitative estimate of drug-likeness (QED) is 0.204. The van der Waals surface area contributed by atoms with Crippen LogP contribution in [-0.2, 0) is 26.0 Å². The van der Waals surface area contributed by atoms with E-state index < -0.39 is 33.8 Å². The molecule has 0 fully saturated rings. The van der Waals surface area contributed by atoms with Crippen LogP contribution in [0.1, 0.15) is 15.9 Å². The van der Waals surface area contributed by atoms with E-state index in [4.69, 9.17) is 4.74 Å². The van der Waals surface area contributed by atoms with Gasteiger partial charge in [0.2, 0.25) is 0 Å². The zero-order valence-corrected chi connectivity index (χ0v) is 24.2. The highest BCUT2D eigenvalue weighted by molar-refractivity contribution is 14.1. The molecule has 0 saturated heterocycles. The maximum absolute atomic E-state index is 13.6. The van der Waals surface area contributed by atoms with E-state index in [1.807, 2.05) is 22.6 Å². The molecule has 0 radical (unpaired) electrons. The molecule has 1 atom stereocenters. The van der Waals surface area contributed by atoms with Crippen molar-refractivity contribution in [2.45, 2.75) is 17.4 Å². The Bertz CT molecular complexity index is 1650. The van der Waals surface area contributed by atoms with Gasteiger partial charge in [-0.25, -0.2) is 17.6 Å². The van der Waals surface area contributed by atoms with Crippen LogP contribution in [0, 0.1) is 9.39 Å². The molecule has 4 rings (SSSR count). The third kappa shape index (κ3) is 6.27. The fourth-order valence-electron chi connectivity index (χ4n) is 3.66. The van der Waals surface area contributed by atoms with Crippen LogP contribution in [0.2, 0.25) is 0 Å². The molecule has 1 aromatic heterocycles. The van der Waals surface area contributed by atoms with Crippen molar-refractivity contribution in [1.82, 2.24) is 15.3 Å². The molecule has 196 valence electrons. The van der Waals surface area contributed by atoms with Gasteiger partial charge in [0, 0.05) is 22.4 Å². The number of benzene rings is 3.